The van der Waals surface area contributed by atoms with E-state index in [9.17, 15) is 19.4 Å². The van der Waals surface area contributed by atoms with Crippen molar-refractivity contribution in [1.29, 1.82) is 0 Å². The Morgan fingerprint density at radius 2 is 2.07 bits per heavy atom. The summed E-state index contributed by atoms with van der Waals surface area (Å²) >= 11 is 7.16. The summed E-state index contributed by atoms with van der Waals surface area (Å²) in [7, 11) is 4.01. The highest BCUT2D eigenvalue weighted by Crippen LogP contribution is 2.42. The Kier molecular flexibility index (Phi) is 6.89. The van der Waals surface area contributed by atoms with Crippen LogP contribution in [0, 0.1) is 5.82 Å². The Labute approximate surface area is 178 Å². The van der Waals surface area contributed by atoms with E-state index in [1.807, 2.05) is 14.1 Å². The van der Waals surface area contributed by atoms with Gasteiger partial charge in [-0.25, -0.2) is 4.39 Å². The van der Waals surface area contributed by atoms with E-state index >= 15 is 0 Å². The van der Waals surface area contributed by atoms with Gasteiger partial charge in [0.15, 0.2) is 11.5 Å². The van der Waals surface area contributed by atoms with E-state index in [-0.39, 0.29) is 35.3 Å². The van der Waals surface area contributed by atoms with Gasteiger partial charge >= 0.3 is 0 Å². The lowest BCUT2D eigenvalue weighted by Gasteiger charge is -2.16. The zero-order valence-corrected chi connectivity index (χ0v) is 17.8. The van der Waals surface area contributed by atoms with Crippen LogP contribution in [0.2, 0.25) is 5.02 Å². The smallest absolute Gasteiger partial charge is 0.258 e. The number of nitrogens with zero attached hydrogens (tertiary/aromatic N) is 2. The highest BCUT2D eigenvalue weighted by molar-refractivity contribution is 7.97. The number of nitrogens with one attached hydrogen (secondary N) is 1. The number of rotatable bonds is 8. The minimum Gasteiger partial charge on any atom is -0.504 e. The predicted octanol–water partition coefficient (Wildman–Crippen LogP) is 3.59. The van der Waals surface area contributed by atoms with Gasteiger partial charge in [-0.2, -0.15) is 0 Å². The van der Waals surface area contributed by atoms with E-state index < -0.39 is 11.6 Å². The van der Waals surface area contributed by atoms with Crippen LogP contribution < -0.4 is 4.72 Å². The minimum absolute atomic E-state index is 0.00896. The largest absolute Gasteiger partial charge is 0.504 e. The van der Waals surface area contributed by atoms with Crippen LogP contribution in [0.4, 0.5) is 4.39 Å². The summed E-state index contributed by atoms with van der Waals surface area (Å²) < 4.78 is 16.6. The molecule has 0 atom stereocenters. The zero-order valence-electron chi connectivity index (χ0n) is 16.2. The third-order valence-electron chi connectivity index (χ3n) is 4.62. The van der Waals surface area contributed by atoms with Crippen molar-refractivity contribution in [3.63, 3.8) is 0 Å². The molecule has 0 spiro atoms. The van der Waals surface area contributed by atoms with Gasteiger partial charge in [-0.1, -0.05) is 17.7 Å². The van der Waals surface area contributed by atoms with Crippen LogP contribution in [0.5, 0.6) is 11.5 Å². The van der Waals surface area contributed by atoms with E-state index in [4.69, 9.17) is 11.6 Å². The molecule has 1 aliphatic heterocycles. The van der Waals surface area contributed by atoms with Crippen LogP contribution in [0.25, 0.3) is 0 Å². The summed E-state index contributed by atoms with van der Waals surface area (Å²) in [6, 6.07) is 5.76. The number of amides is 1. The van der Waals surface area contributed by atoms with Crippen molar-refractivity contribution in [2.45, 2.75) is 24.4 Å². The van der Waals surface area contributed by atoms with E-state index in [0.29, 0.717) is 16.0 Å². The molecule has 1 aliphatic rings. The number of benzene rings is 2. The monoisotopic (exact) mass is 439 g/mol. The van der Waals surface area contributed by atoms with Crippen molar-refractivity contribution in [2.75, 3.05) is 27.2 Å². The van der Waals surface area contributed by atoms with Gasteiger partial charge in [-0.3, -0.25) is 9.52 Å². The zero-order chi connectivity index (χ0) is 21.1. The third-order valence-corrected chi connectivity index (χ3v) is 5.84. The minimum atomic E-state index is -0.520. The lowest BCUT2D eigenvalue weighted by atomic mass is 10.1. The number of fused-ring (bicyclic) bond motifs is 1. The molecule has 2 aromatic rings. The summed E-state index contributed by atoms with van der Waals surface area (Å²) in [5.74, 6) is -1.65. The molecule has 6 nitrogen and oxygen atoms in total. The fourth-order valence-electron chi connectivity index (χ4n) is 3.16. The Hall–Kier alpha value is -2.00. The summed E-state index contributed by atoms with van der Waals surface area (Å²) in [4.78, 5) is 17.2. The second-order valence-electron chi connectivity index (χ2n) is 7.16. The Bertz CT molecular complexity index is 926. The topological polar surface area (TPSA) is 76.0 Å². The Morgan fingerprint density at radius 1 is 1.31 bits per heavy atom. The molecule has 156 valence electrons. The lowest BCUT2D eigenvalue weighted by Crippen LogP contribution is -2.23. The fraction of sp³-hybridized carbons (Fsp3) is 0.350. The van der Waals surface area contributed by atoms with E-state index in [0.717, 1.165) is 19.5 Å². The van der Waals surface area contributed by atoms with Crippen molar-refractivity contribution in [2.24, 2.45) is 0 Å². The van der Waals surface area contributed by atoms with E-state index in [1.165, 1.54) is 35.0 Å². The third kappa shape index (κ3) is 4.95. The second kappa shape index (κ2) is 9.21. The van der Waals surface area contributed by atoms with Gasteiger partial charge in [0, 0.05) is 30.1 Å². The number of aromatic hydroxyl groups is 2. The molecule has 29 heavy (non-hydrogen) atoms. The molecule has 0 saturated heterocycles. The number of phenols is 2. The number of hydrogen-bond acceptors (Lipinski definition) is 6. The van der Waals surface area contributed by atoms with Crippen LogP contribution in [-0.2, 0) is 13.1 Å². The molecule has 3 N–H and O–H groups in total. The molecule has 0 aliphatic carbocycles. The van der Waals surface area contributed by atoms with Crippen molar-refractivity contribution in [1.82, 2.24) is 14.5 Å². The Balaban J connectivity index is 1.76. The molecule has 0 aromatic heterocycles. The van der Waals surface area contributed by atoms with Gasteiger partial charge in [0.1, 0.15) is 5.82 Å². The molecule has 1 amide bonds. The molecule has 9 heteroatoms. The maximum Gasteiger partial charge on any atom is 0.258 e. The fourth-order valence-corrected chi connectivity index (χ4v) is 4.22. The summed E-state index contributed by atoms with van der Waals surface area (Å²) in [6.07, 6.45) is 0.947. The van der Waals surface area contributed by atoms with Crippen LogP contribution in [0.3, 0.4) is 0 Å². The van der Waals surface area contributed by atoms with Crippen LogP contribution in [0.1, 0.15) is 27.9 Å². The summed E-state index contributed by atoms with van der Waals surface area (Å²) in [6.45, 7) is 2.19. The Morgan fingerprint density at radius 3 is 2.76 bits per heavy atom. The average molecular weight is 440 g/mol. The highest BCUT2D eigenvalue weighted by atomic mass is 35.5. The molecule has 3 rings (SSSR count). The van der Waals surface area contributed by atoms with Crippen molar-refractivity contribution >= 4 is 29.5 Å². The number of phenolic OH excluding ortho intramolecular Hbond substituents is 2. The molecule has 0 saturated carbocycles. The number of carbonyl (C=O) groups excluding carboxylic acids is 1. The molecule has 2 aromatic carbocycles. The molecule has 0 unspecified atom stereocenters. The first-order valence-electron chi connectivity index (χ1n) is 9.13. The molecular weight excluding hydrogens is 417 g/mol. The number of halogens is 2. The molecule has 1 heterocycles. The molecule has 0 fully saturated rings. The average Bonchev–Trinajstić information content (AvgIpc) is 2.98. The predicted molar refractivity (Wildman–Crippen MR) is 112 cm³/mol. The van der Waals surface area contributed by atoms with E-state index in [1.54, 1.807) is 6.07 Å². The van der Waals surface area contributed by atoms with Crippen molar-refractivity contribution in [3.05, 3.63) is 51.8 Å². The maximum atomic E-state index is 13.4. The van der Waals surface area contributed by atoms with Gasteiger partial charge in [0.2, 0.25) is 0 Å². The first-order chi connectivity index (χ1) is 13.8. The van der Waals surface area contributed by atoms with Crippen molar-refractivity contribution < 1.29 is 19.4 Å². The maximum absolute atomic E-state index is 13.4. The number of carbonyl (C=O) groups is 1. The van der Waals surface area contributed by atoms with Crippen LogP contribution in [0.15, 0.2) is 29.2 Å². The molecular formula is C20H23ClFN3O3S. The first kappa shape index (κ1) is 21.7. The van der Waals surface area contributed by atoms with Gasteiger partial charge in [0.05, 0.1) is 10.6 Å². The van der Waals surface area contributed by atoms with Gasteiger partial charge < -0.3 is 20.0 Å². The normalized spacial score (nSPS) is 13.4. The van der Waals surface area contributed by atoms with E-state index in [2.05, 4.69) is 9.62 Å². The summed E-state index contributed by atoms with van der Waals surface area (Å²) in [5, 5.41) is 20.3. The quantitative estimate of drug-likeness (QED) is 0.331. The molecule has 0 radical (unpaired) electrons. The molecule has 0 bridgehead atoms. The van der Waals surface area contributed by atoms with Crippen LogP contribution >= 0.6 is 23.5 Å². The lowest BCUT2D eigenvalue weighted by molar-refractivity contribution is 0.0764. The van der Waals surface area contributed by atoms with Crippen LogP contribution in [-0.4, -0.2) is 53.1 Å². The second-order valence-corrected chi connectivity index (χ2v) is 8.50. The van der Waals surface area contributed by atoms with Gasteiger partial charge in [-0.05, 0) is 62.8 Å². The first-order valence-corrected chi connectivity index (χ1v) is 10.3. The standard InChI is InChI=1S/C20H23ClFN3O3S/c1-24(2)7-3-6-23-29-17-9-16(26)19(27)18-13(17)11-25(20(18)28)10-12-4-5-15(22)14(21)8-12/h4-5,8-9,23,26-27H,3,6-7,10-11H2,1-2H3. The van der Waals surface area contributed by atoms with Gasteiger partial charge in [-0.15, -0.1) is 0 Å². The summed E-state index contributed by atoms with van der Waals surface area (Å²) in [5.41, 5.74) is 1.44. The van der Waals surface area contributed by atoms with Gasteiger partial charge in [0.25, 0.3) is 5.91 Å². The SMILES string of the molecule is CN(C)CCCNSc1cc(O)c(O)c2c1CN(Cc1ccc(F)c(Cl)c1)C2=O. The van der Waals surface area contributed by atoms with Crippen molar-refractivity contribution in [3.8, 4) is 11.5 Å². The highest BCUT2D eigenvalue weighted by Gasteiger charge is 2.34. The number of hydrogen-bond donors (Lipinski definition) is 3.